The van der Waals surface area contributed by atoms with E-state index in [1.165, 1.54) is 12.8 Å². The third-order valence-corrected chi connectivity index (χ3v) is 7.07. The Labute approximate surface area is 197 Å². The van der Waals surface area contributed by atoms with Gasteiger partial charge in [-0.05, 0) is 48.6 Å². The third-order valence-electron chi connectivity index (χ3n) is 7.07. The molecule has 2 aromatic rings. The molecule has 2 aromatic carbocycles. The second kappa shape index (κ2) is 10.8. The molecule has 33 heavy (non-hydrogen) atoms. The van der Waals surface area contributed by atoms with Crippen molar-refractivity contribution in [1.29, 1.82) is 0 Å². The van der Waals surface area contributed by atoms with E-state index in [-0.39, 0.29) is 17.9 Å². The van der Waals surface area contributed by atoms with Gasteiger partial charge in [0.2, 0.25) is 5.91 Å². The molecule has 1 atom stereocenters. The molecule has 1 unspecified atom stereocenters. The number of nitrogens with zero attached hydrogens (tertiary/aromatic N) is 3. The highest BCUT2D eigenvalue weighted by atomic mass is 16.5. The predicted octanol–water partition coefficient (Wildman–Crippen LogP) is 3.67. The zero-order valence-corrected chi connectivity index (χ0v) is 19.8. The molecule has 1 saturated carbocycles. The predicted molar refractivity (Wildman–Crippen MR) is 129 cm³/mol. The molecule has 1 aliphatic carbocycles. The van der Waals surface area contributed by atoms with Crippen molar-refractivity contribution in [1.82, 2.24) is 14.7 Å². The minimum absolute atomic E-state index is 0.0437. The Kier molecular flexibility index (Phi) is 7.65. The van der Waals surface area contributed by atoms with E-state index in [1.54, 1.807) is 7.11 Å². The molecule has 0 N–H and O–H groups in total. The molecular weight excluding hydrogens is 414 g/mol. The van der Waals surface area contributed by atoms with E-state index in [2.05, 4.69) is 17.0 Å². The zero-order chi connectivity index (χ0) is 23.2. The van der Waals surface area contributed by atoms with E-state index in [4.69, 9.17) is 4.74 Å². The lowest BCUT2D eigenvalue weighted by Gasteiger charge is -2.42. The van der Waals surface area contributed by atoms with Gasteiger partial charge < -0.3 is 14.5 Å². The minimum Gasteiger partial charge on any atom is -0.497 e. The summed E-state index contributed by atoms with van der Waals surface area (Å²) < 4.78 is 5.20. The van der Waals surface area contributed by atoms with Crippen molar-refractivity contribution >= 4 is 11.8 Å². The highest BCUT2D eigenvalue weighted by Crippen LogP contribution is 2.32. The first-order valence-electron chi connectivity index (χ1n) is 12.0. The van der Waals surface area contributed by atoms with Crippen LogP contribution in [0.2, 0.25) is 0 Å². The Morgan fingerprint density at radius 2 is 1.61 bits per heavy atom. The van der Waals surface area contributed by atoms with Crippen LogP contribution in [0, 0.1) is 5.92 Å². The van der Waals surface area contributed by atoms with Crippen LogP contribution in [0.25, 0.3) is 0 Å². The molecule has 0 bridgehead atoms. The van der Waals surface area contributed by atoms with Crippen LogP contribution in [-0.4, -0.2) is 72.9 Å². The molecule has 2 amide bonds. The fourth-order valence-electron chi connectivity index (χ4n) is 5.21. The number of carbonyl (C=O) groups excluding carboxylic acids is 2. The summed E-state index contributed by atoms with van der Waals surface area (Å²) >= 11 is 0. The number of carbonyl (C=O) groups is 2. The van der Waals surface area contributed by atoms with Crippen LogP contribution in [0.15, 0.2) is 54.6 Å². The number of benzene rings is 2. The van der Waals surface area contributed by atoms with Gasteiger partial charge in [-0.1, -0.05) is 43.2 Å². The topological polar surface area (TPSA) is 53.1 Å². The molecule has 2 aliphatic rings. The normalized spacial score (nSPS) is 18.2. The summed E-state index contributed by atoms with van der Waals surface area (Å²) in [6, 6.07) is 17.3. The molecule has 6 heteroatoms. The Balaban J connectivity index is 1.41. The fraction of sp³-hybridized carbons (Fsp3) is 0.481. The van der Waals surface area contributed by atoms with Crippen LogP contribution in [0.1, 0.15) is 41.6 Å². The lowest BCUT2D eigenvalue weighted by molar-refractivity contribution is -0.139. The fourth-order valence-corrected chi connectivity index (χ4v) is 5.21. The average Bonchev–Trinajstić information content (AvgIpc) is 3.39. The maximum atomic E-state index is 13.6. The van der Waals surface area contributed by atoms with Crippen LogP contribution < -0.4 is 4.74 Å². The average molecular weight is 450 g/mol. The van der Waals surface area contributed by atoms with Gasteiger partial charge in [0.05, 0.1) is 13.2 Å². The van der Waals surface area contributed by atoms with Crippen LogP contribution in [0.5, 0.6) is 5.75 Å². The quantitative estimate of drug-likeness (QED) is 0.647. The van der Waals surface area contributed by atoms with E-state index in [0.29, 0.717) is 31.1 Å². The number of methoxy groups -OCH3 is 1. The molecule has 0 radical (unpaired) electrons. The van der Waals surface area contributed by atoms with Crippen LogP contribution in [-0.2, 0) is 11.3 Å². The third kappa shape index (κ3) is 5.56. The van der Waals surface area contributed by atoms with Gasteiger partial charge in [-0.2, -0.15) is 0 Å². The smallest absolute Gasteiger partial charge is 0.253 e. The van der Waals surface area contributed by atoms with Crippen molar-refractivity contribution in [3.05, 3.63) is 65.7 Å². The van der Waals surface area contributed by atoms with Crippen molar-refractivity contribution in [2.24, 2.45) is 5.92 Å². The molecule has 0 aromatic heterocycles. The van der Waals surface area contributed by atoms with Gasteiger partial charge in [-0.3, -0.25) is 14.5 Å². The van der Waals surface area contributed by atoms with Gasteiger partial charge in [0, 0.05) is 45.3 Å². The summed E-state index contributed by atoms with van der Waals surface area (Å²) in [7, 11) is 3.54. The zero-order valence-electron chi connectivity index (χ0n) is 19.8. The number of likely N-dealkylation sites (N-methyl/N-ethyl adjacent to an activating group) is 1. The SMILES string of the molecule is COc1ccc(C(=O)N2CCN(C(C(=O)N(C)Cc3ccccc3)C3CCCC3)CC2)cc1. The van der Waals surface area contributed by atoms with Crippen LogP contribution in [0.4, 0.5) is 0 Å². The van der Waals surface area contributed by atoms with Gasteiger partial charge in [0.25, 0.3) is 5.91 Å². The van der Waals surface area contributed by atoms with Crippen molar-refractivity contribution < 1.29 is 14.3 Å². The standard InChI is InChI=1S/C27H35N3O3/c1-28(20-21-8-4-3-5-9-21)27(32)25(22-10-6-7-11-22)29-16-18-30(19-17-29)26(31)23-12-14-24(33-2)15-13-23/h3-5,8-9,12-15,22,25H,6-7,10-11,16-20H2,1-2H3. The van der Waals surface area contributed by atoms with Gasteiger partial charge in [-0.15, -0.1) is 0 Å². The Bertz CT molecular complexity index is 917. The van der Waals surface area contributed by atoms with Crippen molar-refractivity contribution in [2.75, 3.05) is 40.3 Å². The first-order chi connectivity index (χ1) is 16.1. The maximum absolute atomic E-state index is 13.6. The lowest BCUT2D eigenvalue weighted by atomic mass is 9.94. The molecule has 4 rings (SSSR count). The molecule has 1 aliphatic heterocycles. The maximum Gasteiger partial charge on any atom is 0.253 e. The monoisotopic (exact) mass is 449 g/mol. The molecule has 6 nitrogen and oxygen atoms in total. The van der Waals surface area contributed by atoms with Crippen molar-refractivity contribution in [2.45, 2.75) is 38.3 Å². The molecule has 1 saturated heterocycles. The number of ether oxygens (including phenoxy) is 1. The number of piperazine rings is 1. The second-order valence-electron chi connectivity index (χ2n) is 9.23. The number of hydrogen-bond donors (Lipinski definition) is 0. The summed E-state index contributed by atoms with van der Waals surface area (Å²) in [5.41, 5.74) is 1.82. The van der Waals surface area contributed by atoms with Gasteiger partial charge in [0.15, 0.2) is 0 Å². The van der Waals surface area contributed by atoms with E-state index in [0.717, 1.165) is 37.2 Å². The second-order valence-corrected chi connectivity index (χ2v) is 9.23. The summed E-state index contributed by atoms with van der Waals surface area (Å²) in [5.74, 6) is 1.40. The van der Waals surface area contributed by atoms with Gasteiger partial charge in [0.1, 0.15) is 5.75 Å². The van der Waals surface area contributed by atoms with E-state index in [1.807, 2.05) is 59.3 Å². The first kappa shape index (κ1) is 23.3. The molecule has 0 spiro atoms. The number of hydrogen-bond acceptors (Lipinski definition) is 4. The Morgan fingerprint density at radius 1 is 0.970 bits per heavy atom. The first-order valence-corrected chi connectivity index (χ1v) is 12.0. The number of rotatable bonds is 7. The summed E-state index contributed by atoms with van der Waals surface area (Å²) in [5, 5.41) is 0. The molecule has 2 fully saturated rings. The van der Waals surface area contributed by atoms with E-state index in [9.17, 15) is 9.59 Å². The summed E-state index contributed by atoms with van der Waals surface area (Å²) in [6.45, 7) is 3.37. The lowest BCUT2D eigenvalue weighted by Crippen LogP contribution is -2.58. The largest absolute Gasteiger partial charge is 0.497 e. The van der Waals surface area contributed by atoms with E-state index < -0.39 is 0 Å². The Morgan fingerprint density at radius 3 is 2.21 bits per heavy atom. The van der Waals surface area contributed by atoms with Crippen LogP contribution >= 0.6 is 0 Å². The van der Waals surface area contributed by atoms with Gasteiger partial charge >= 0.3 is 0 Å². The van der Waals surface area contributed by atoms with Crippen LogP contribution in [0.3, 0.4) is 0 Å². The van der Waals surface area contributed by atoms with Crippen molar-refractivity contribution in [3.63, 3.8) is 0 Å². The minimum atomic E-state index is -0.0977. The number of amides is 2. The Hall–Kier alpha value is -2.86. The highest BCUT2D eigenvalue weighted by molar-refractivity contribution is 5.94. The highest BCUT2D eigenvalue weighted by Gasteiger charge is 2.38. The van der Waals surface area contributed by atoms with E-state index >= 15 is 0 Å². The molecule has 176 valence electrons. The molecular formula is C27H35N3O3. The summed E-state index contributed by atoms with van der Waals surface area (Å²) in [4.78, 5) is 32.7. The van der Waals surface area contributed by atoms with Crippen molar-refractivity contribution in [3.8, 4) is 5.75 Å². The van der Waals surface area contributed by atoms with Gasteiger partial charge in [-0.25, -0.2) is 0 Å². The molecule has 1 heterocycles. The summed E-state index contributed by atoms with van der Waals surface area (Å²) in [6.07, 6.45) is 4.63.